The largest absolute Gasteiger partial charge is 0.416 e. The van der Waals surface area contributed by atoms with Crippen LogP contribution in [0.5, 0.6) is 0 Å². The average Bonchev–Trinajstić information content (AvgIpc) is 3.11. The highest BCUT2D eigenvalue weighted by molar-refractivity contribution is 5.92. The van der Waals surface area contributed by atoms with E-state index in [9.17, 15) is 18.0 Å². The number of nitrogens with zero attached hydrogens (tertiary/aromatic N) is 2. The molecule has 7 heteroatoms. The number of aromatic nitrogens is 1. The van der Waals surface area contributed by atoms with Crippen molar-refractivity contribution >= 4 is 11.6 Å². The maximum atomic E-state index is 13.2. The van der Waals surface area contributed by atoms with Crippen LogP contribution in [0.15, 0.2) is 54.6 Å². The first kappa shape index (κ1) is 26.0. The van der Waals surface area contributed by atoms with Crippen molar-refractivity contribution < 1.29 is 18.0 Å². The third-order valence-corrected chi connectivity index (χ3v) is 7.10. The van der Waals surface area contributed by atoms with Gasteiger partial charge in [0.25, 0.3) is 0 Å². The first-order valence-corrected chi connectivity index (χ1v) is 12.5. The maximum Gasteiger partial charge on any atom is 0.416 e. The van der Waals surface area contributed by atoms with Crippen LogP contribution >= 0.6 is 0 Å². The van der Waals surface area contributed by atoms with E-state index in [4.69, 9.17) is 0 Å². The van der Waals surface area contributed by atoms with E-state index in [-0.39, 0.29) is 11.8 Å². The topological polar surface area (TPSA) is 37.3 Å². The molecule has 0 unspecified atom stereocenters. The van der Waals surface area contributed by atoms with Crippen LogP contribution in [0.25, 0.3) is 5.69 Å². The molecule has 1 aliphatic heterocycles. The molecule has 0 bridgehead atoms. The van der Waals surface area contributed by atoms with Gasteiger partial charge < -0.3 is 9.88 Å². The van der Waals surface area contributed by atoms with Gasteiger partial charge in [0.05, 0.1) is 5.56 Å². The monoisotopic (exact) mass is 497 g/mol. The zero-order chi connectivity index (χ0) is 26.0. The number of hydrogen-bond acceptors (Lipinski definition) is 2. The van der Waals surface area contributed by atoms with Crippen molar-refractivity contribution in [1.29, 1.82) is 0 Å². The second-order valence-electron chi connectivity index (χ2n) is 10.1. The predicted octanol–water partition coefficient (Wildman–Crippen LogP) is 7.09. The first-order valence-electron chi connectivity index (χ1n) is 12.5. The summed E-state index contributed by atoms with van der Waals surface area (Å²) < 4.78 is 41.6. The zero-order valence-corrected chi connectivity index (χ0v) is 21.3. The summed E-state index contributed by atoms with van der Waals surface area (Å²) in [6, 6.07) is 15.7. The minimum absolute atomic E-state index is 0.0182. The van der Waals surface area contributed by atoms with Gasteiger partial charge in [0.15, 0.2) is 0 Å². The molecule has 0 spiro atoms. The molecule has 1 aromatic heterocycles. The number of nitrogens with one attached hydrogen (secondary N) is 1. The van der Waals surface area contributed by atoms with Crippen LogP contribution in [0.1, 0.15) is 60.7 Å². The van der Waals surface area contributed by atoms with E-state index < -0.39 is 11.7 Å². The summed E-state index contributed by atoms with van der Waals surface area (Å²) >= 11 is 0. The second-order valence-corrected chi connectivity index (χ2v) is 10.1. The van der Waals surface area contributed by atoms with E-state index in [1.54, 1.807) is 6.07 Å². The Morgan fingerprint density at radius 1 is 1.03 bits per heavy atom. The van der Waals surface area contributed by atoms with Gasteiger partial charge in [-0.2, -0.15) is 13.2 Å². The van der Waals surface area contributed by atoms with Crippen molar-refractivity contribution in [2.75, 3.05) is 18.4 Å². The number of carbonyl (C=O) groups is 1. The van der Waals surface area contributed by atoms with Crippen LogP contribution in [-0.2, 0) is 17.5 Å². The number of halogens is 3. The zero-order valence-electron chi connectivity index (χ0n) is 21.3. The Bertz CT molecular complexity index is 1220. The lowest BCUT2D eigenvalue weighted by Crippen LogP contribution is -2.32. The molecule has 0 saturated carbocycles. The Morgan fingerprint density at radius 3 is 2.39 bits per heavy atom. The molecule has 1 saturated heterocycles. The number of rotatable bonds is 6. The van der Waals surface area contributed by atoms with Gasteiger partial charge in [-0.3, -0.25) is 9.69 Å². The molecule has 36 heavy (non-hydrogen) atoms. The van der Waals surface area contributed by atoms with Crippen LogP contribution in [-0.4, -0.2) is 28.5 Å². The van der Waals surface area contributed by atoms with E-state index >= 15 is 0 Å². The normalized spacial score (nSPS) is 15.4. The molecule has 3 aromatic rings. The molecule has 0 atom stereocenters. The third-order valence-electron chi connectivity index (χ3n) is 7.10. The number of carbonyl (C=O) groups excluding carboxylic acids is 1. The smallest absolute Gasteiger partial charge is 0.326 e. The first-order chi connectivity index (χ1) is 17.0. The molecule has 4 rings (SSSR count). The number of likely N-dealkylation sites (tertiary alicyclic amines) is 1. The van der Waals surface area contributed by atoms with Crippen LogP contribution in [0, 0.1) is 19.8 Å². The Kier molecular flexibility index (Phi) is 7.59. The van der Waals surface area contributed by atoms with E-state index in [2.05, 4.69) is 28.4 Å². The fraction of sp³-hybridized carbons (Fsp3) is 0.414. The van der Waals surface area contributed by atoms with Crippen LogP contribution in [0.2, 0.25) is 0 Å². The number of anilines is 1. The molecule has 2 heterocycles. The van der Waals surface area contributed by atoms with Crippen molar-refractivity contribution in [3.05, 3.63) is 82.7 Å². The third kappa shape index (κ3) is 5.84. The second kappa shape index (κ2) is 10.5. The minimum atomic E-state index is -4.36. The van der Waals surface area contributed by atoms with Gasteiger partial charge in [-0.1, -0.05) is 32.0 Å². The van der Waals surface area contributed by atoms with Gasteiger partial charge in [-0.15, -0.1) is 0 Å². The van der Waals surface area contributed by atoms with E-state index in [1.165, 1.54) is 17.7 Å². The minimum Gasteiger partial charge on any atom is -0.326 e. The lowest BCUT2D eigenvalue weighted by molar-refractivity contribution is -0.137. The standard InChI is InChI=1S/C29H34F3N3O/c1-19(2)28(36)33-26-9-5-7-23(16-26)22-11-13-34(14-12-22)18-24-15-20(3)35(21(24)4)27-10-6-8-25(17-27)29(30,31)32/h5-10,15-17,19,22H,11-14,18H2,1-4H3,(H,33,36). The average molecular weight is 498 g/mol. The number of alkyl halides is 3. The maximum absolute atomic E-state index is 13.2. The van der Waals surface area contributed by atoms with Gasteiger partial charge in [-0.05, 0) is 93.2 Å². The number of piperidine rings is 1. The number of amides is 1. The Hall–Kier alpha value is -3.06. The van der Waals surface area contributed by atoms with Crippen molar-refractivity contribution in [2.45, 2.75) is 59.2 Å². The fourth-order valence-electron chi connectivity index (χ4n) is 5.03. The van der Waals surface area contributed by atoms with Crippen molar-refractivity contribution in [3.63, 3.8) is 0 Å². The van der Waals surface area contributed by atoms with Gasteiger partial charge >= 0.3 is 6.18 Å². The highest BCUT2D eigenvalue weighted by Crippen LogP contribution is 2.33. The molecule has 0 aliphatic carbocycles. The molecular weight excluding hydrogens is 463 g/mol. The quantitative estimate of drug-likeness (QED) is 0.395. The van der Waals surface area contributed by atoms with Crippen LogP contribution in [0.3, 0.4) is 0 Å². The Labute approximate surface area is 211 Å². The molecule has 1 amide bonds. The molecule has 1 aliphatic rings. The fourth-order valence-corrected chi connectivity index (χ4v) is 5.03. The molecular formula is C29H34F3N3O. The van der Waals surface area contributed by atoms with Gasteiger partial charge in [-0.25, -0.2) is 0 Å². The van der Waals surface area contributed by atoms with Gasteiger partial charge in [0, 0.05) is 35.2 Å². The van der Waals surface area contributed by atoms with Gasteiger partial charge in [0.2, 0.25) is 5.91 Å². The lowest BCUT2D eigenvalue weighted by Gasteiger charge is -2.32. The predicted molar refractivity (Wildman–Crippen MR) is 137 cm³/mol. The molecule has 2 aromatic carbocycles. The highest BCUT2D eigenvalue weighted by atomic mass is 19.4. The van der Waals surface area contributed by atoms with E-state index in [0.717, 1.165) is 61.2 Å². The Morgan fingerprint density at radius 2 is 1.72 bits per heavy atom. The van der Waals surface area contributed by atoms with E-state index in [0.29, 0.717) is 11.6 Å². The number of aryl methyl sites for hydroxylation is 1. The molecule has 1 fully saturated rings. The Balaban J connectivity index is 1.42. The van der Waals surface area contributed by atoms with Gasteiger partial charge in [0.1, 0.15) is 0 Å². The summed E-state index contributed by atoms with van der Waals surface area (Å²) in [5, 5.41) is 2.99. The van der Waals surface area contributed by atoms with Crippen LogP contribution in [0.4, 0.5) is 18.9 Å². The number of hydrogen-bond donors (Lipinski definition) is 1. The summed E-state index contributed by atoms with van der Waals surface area (Å²) in [7, 11) is 0. The highest BCUT2D eigenvalue weighted by Gasteiger charge is 2.31. The van der Waals surface area contributed by atoms with Crippen molar-refractivity contribution in [1.82, 2.24) is 9.47 Å². The van der Waals surface area contributed by atoms with Crippen molar-refractivity contribution in [3.8, 4) is 5.69 Å². The summed E-state index contributed by atoms with van der Waals surface area (Å²) in [6.07, 6.45) is -2.32. The molecule has 4 nitrogen and oxygen atoms in total. The summed E-state index contributed by atoms with van der Waals surface area (Å²) in [5.41, 5.74) is 5.04. The van der Waals surface area contributed by atoms with Crippen LogP contribution < -0.4 is 5.32 Å². The molecule has 1 N–H and O–H groups in total. The lowest BCUT2D eigenvalue weighted by atomic mass is 9.89. The summed E-state index contributed by atoms with van der Waals surface area (Å²) in [5.74, 6) is 0.395. The molecule has 192 valence electrons. The molecule has 0 radical (unpaired) electrons. The van der Waals surface area contributed by atoms with Crippen molar-refractivity contribution in [2.24, 2.45) is 5.92 Å². The van der Waals surface area contributed by atoms with E-state index in [1.807, 2.05) is 44.4 Å². The SMILES string of the molecule is Cc1cc(CN2CCC(c3cccc(NC(=O)C(C)C)c3)CC2)c(C)n1-c1cccc(C(F)(F)F)c1. The summed E-state index contributed by atoms with van der Waals surface area (Å²) in [4.78, 5) is 14.5. The number of benzene rings is 2. The summed E-state index contributed by atoms with van der Waals surface area (Å²) in [6.45, 7) is 10.3.